The molecule has 0 amide bonds. The topological polar surface area (TPSA) is 12.9 Å². The van der Waals surface area contributed by atoms with Gasteiger partial charge in [0.05, 0.1) is 0 Å². The fraction of sp³-hybridized carbons (Fsp3) is 0.250. The number of halogens is 1. The molecule has 1 aliphatic carbocycles. The second-order valence-corrected chi connectivity index (χ2v) is 3.83. The van der Waals surface area contributed by atoms with Crippen molar-refractivity contribution in [3.05, 3.63) is 42.0 Å². The molecule has 1 aromatic heterocycles. The van der Waals surface area contributed by atoms with E-state index in [1.807, 2.05) is 6.07 Å². The van der Waals surface area contributed by atoms with Crippen molar-refractivity contribution in [1.29, 1.82) is 0 Å². The molecule has 1 aliphatic rings. The maximum atomic E-state index is 13.6. The van der Waals surface area contributed by atoms with Crippen molar-refractivity contribution >= 4 is 10.8 Å². The van der Waals surface area contributed by atoms with E-state index in [-0.39, 0.29) is 5.82 Å². The molecule has 14 heavy (non-hydrogen) atoms. The van der Waals surface area contributed by atoms with Gasteiger partial charge in [0.15, 0.2) is 0 Å². The smallest absolute Gasteiger partial charge is 0.127 e. The van der Waals surface area contributed by atoms with Crippen LogP contribution in [0.2, 0.25) is 0 Å². The molecule has 0 bridgehead atoms. The van der Waals surface area contributed by atoms with Gasteiger partial charge in [-0.1, -0.05) is 0 Å². The number of nitrogens with zero attached hydrogens (tertiary/aromatic N) is 1. The van der Waals surface area contributed by atoms with Gasteiger partial charge in [0, 0.05) is 17.8 Å². The predicted molar refractivity (Wildman–Crippen MR) is 53.7 cm³/mol. The molecule has 0 atom stereocenters. The van der Waals surface area contributed by atoms with Crippen molar-refractivity contribution in [2.45, 2.75) is 18.8 Å². The van der Waals surface area contributed by atoms with Gasteiger partial charge in [-0.2, -0.15) is 0 Å². The van der Waals surface area contributed by atoms with Crippen LogP contribution in [0.4, 0.5) is 4.39 Å². The van der Waals surface area contributed by atoms with Crippen molar-refractivity contribution in [3.8, 4) is 0 Å². The highest BCUT2D eigenvalue weighted by Gasteiger charge is 2.28. The van der Waals surface area contributed by atoms with Crippen molar-refractivity contribution in [2.24, 2.45) is 0 Å². The van der Waals surface area contributed by atoms with Crippen molar-refractivity contribution < 1.29 is 4.39 Å². The third-order valence-electron chi connectivity index (χ3n) is 2.79. The first-order valence-corrected chi connectivity index (χ1v) is 4.88. The minimum atomic E-state index is -0.0637. The van der Waals surface area contributed by atoms with Crippen LogP contribution in [-0.2, 0) is 0 Å². The molecule has 1 saturated carbocycles. The molecule has 1 aromatic carbocycles. The zero-order valence-corrected chi connectivity index (χ0v) is 7.70. The van der Waals surface area contributed by atoms with Gasteiger partial charge in [-0.15, -0.1) is 0 Å². The van der Waals surface area contributed by atoms with E-state index in [9.17, 15) is 4.39 Å². The molecule has 0 aliphatic heterocycles. The minimum absolute atomic E-state index is 0.0637. The molecule has 2 aromatic rings. The van der Waals surface area contributed by atoms with Crippen LogP contribution in [0.5, 0.6) is 0 Å². The largest absolute Gasteiger partial charge is 0.264 e. The van der Waals surface area contributed by atoms with Crippen LogP contribution in [0.15, 0.2) is 30.6 Å². The quantitative estimate of drug-likeness (QED) is 0.667. The van der Waals surface area contributed by atoms with E-state index >= 15 is 0 Å². The monoisotopic (exact) mass is 187 g/mol. The SMILES string of the molecule is Fc1ccc2cnccc2c1C1CC1. The Morgan fingerprint density at radius 2 is 2.07 bits per heavy atom. The van der Waals surface area contributed by atoms with E-state index in [0.29, 0.717) is 5.92 Å². The highest BCUT2D eigenvalue weighted by molar-refractivity contribution is 5.85. The summed E-state index contributed by atoms with van der Waals surface area (Å²) in [5, 5.41) is 2.07. The van der Waals surface area contributed by atoms with Crippen LogP contribution in [0, 0.1) is 5.82 Å². The number of hydrogen-bond acceptors (Lipinski definition) is 1. The zero-order chi connectivity index (χ0) is 9.54. The minimum Gasteiger partial charge on any atom is -0.264 e. The Labute approximate surface area is 81.6 Å². The second-order valence-electron chi connectivity index (χ2n) is 3.83. The molecule has 0 saturated heterocycles. The lowest BCUT2D eigenvalue weighted by molar-refractivity contribution is 0.614. The summed E-state index contributed by atoms with van der Waals surface area (Å²) in [5.41, 5.74) is 0.893. The van der Waals surface area contributed by atoms with Gasteiger partial charge in [0.2, 0.25) is 0 Å². The van der Waals surface area contributed by atoms with Gasteiger partial charge < -0.3 is 0 Å². The standard InChI is InChI=1S/C12H10FN/c13-11-4-3-9-7-14-6-5-10(9)12(11)8-1-2-8/h3-8H,1-2H2. The fourth-order valence-electron chi connectivity index (χ4n) is 1.95. The van der Waals surface area contributed by atoms with E-state index in [1.54, 1.807) is 24.5 Å². The normalized spacial score (nSPS) is 16.1. The summed E-state index contributed by atoms with van der Waals surface area (Å²) in [6.07, 6.45) is 5.77. The van der Waals surface area contributed by atoms with Crippen LogP contribution in [0.3, 0.4) is 0 Å². The third kappa shape index (κ3) is 1.10. The van der Waals surface area contributed by atoms with Gasteiger partial charge in [-0.05, 0) is 47.9 Å². The molecule has 0 N–H and O–H groups in total. The Morgan fingerprint density at radius 3 is 2.86 bits per heavy atom. The van der Waals surface area contributed by atoms with Crippen molar-refractivity contribution in [2.75, 3.05) is 0 Å². The lowest BCUT2D eigenvalue weighted by Gasteiger charge is -2.05. The van der Waals surface area contributed by atoms with E-state index in [0.717, 1.165) is 29.2 Å². The van der Waals surface area contributed by atoms with E-state index in [4.69, 9.17) is 0 Å². The first kappa shape index (κ1) is 7.92. The molecule has 3 rings (SSSR count). The number of fused-ring (bicyclic) bond motifs is 1. The van der Waals surface area contributed by atoms with Crippen molar-refractivity contribution in [1.82, 2.24) is 4.98 Å². The van der Waals surface area contributed by atoms with Gasteiger partial charge in [-0.3, -0.25) is 4.98 Å². The van der Waals surface area contributed by atoms with E-state index in [1.165, 1.54) is 0 Å². The molecule has 0 radical (unpaired) electrons. The molecule has 0 spiro atoms. The molecule has 1 fully saturated rings. The summed E-state index contributed by atoms with van der Waals surface area (Å²) in [6, 6.07) is 5.26. The average molecular weight is 187 g/mol. The summed E-state index contributed by atoms with van der Waals surface area (Å²) in [7, 11) is 0. The number of hydrogen-bond donors (Lipinski definition) is 0. The summed E-state index contributed by atoms with van der Waals surface area (Å²) in [6.45, 7) is 0. The Bertz CT molecular complexity index is 489. The number of pyridine rings is 1. The summed E-state index contributed by atoms with van der Waals surface area (Å²) in [4.78, 5) is 4.04. The van der Waals surface area contributed by atoms with Crippen LogP contribution in [-0.4, -0.2) is 4.98 Å². The first-order valence-electron chi connectivity index (χ1n) is 4.88. The first-order chi connectivity index (χ1) is 6.86. The predicted octanol–water partition coefficient (Wildman–Crippen LogP) is 3.25. The number of rotatable bonds is 1. The second kappa shape index (κ2) is 2.77. The molecule has 0 unspecified atom stereocenters. The molecule has 70 valence electrons. The summed E-state index contributed by atoms with van der Waals surface area (Å²) in [5.74, 6) is 0.382. The van der Waals surface area contributed by atoms with E-state index < -0.39 is 0 Å². The van der Waals surface area contributed by atoms with Crippen LogP contribution >= 0.6 is 0 Å². The molecule has 1 heterocycles. The van der Waals surface area contributed by atoms with Gasteiger partial charge in [0.25, 0.3) is 0 Å². The number of aromatic nitrogens is 1. The molecule has 2 heteroatoms. The molecular formula is C12H10FN. The maximum Gasteiger partial charge on any atom is 0.127 e. The maximum absolute atomic E-state index is 13.6. The van der Waals surface area contributed by atoms with Gasteiger partial charge in [0.1, 0.15) is 5.82 Å². The van der Waals surface area contributed by atoms with Gasteiger partial charge in [-0.25, -0.2) is 4.39 Å². The number of benzene rings is 1. The summed E-state index contributed by atoms with van der Waals surface area (Å²) < 4.78 is 13.6. The molecular weight excluding hydrogens is 177 g/mol. The van der Waals surface area contributed by atoms with Crippen molar-refractivity contribution in [3.63, 3.8) is 0 Å². The Kier molecular flexibility index (Phi) is 1.57. The lowest BCUT2D eigenvalue weighted by Crippen LogP contribution is -1.89. The Balaban J connectivity index is 2.37. The Hall–Kier alpha value is -1.44. The van der Waals surface area contributed by atoms with Crippen LogP contribution in [0.25, 0.3) is 10.8 Å². The molecule has 1 nitrogen and oxygen atoms in total. The van der Waals surface area contributed by atoms with Gasteiger partial charge >= 0.3 is 0 Å². The highest BCUT2D eigenvalue weighted by Crippen LogP contribution is 2.44. The van der Waals surface area contributed by atoms with Crippen LogP contribution in [0.1, 0.15) is 24.3 Å². The fourth-order valence-corrected chi connectivity index (χ4v) is 1.95. The zero-order valence-electron chi connectivity index (χ0n) is 7.70. The Morgan fingerprint density at radius 1 is 1.21 bits per heavy atom. The average Bonchev–Trinajstić information content (AvgIpc) is 3.01. The van der Waals surface area contributed by atoms with Crippen LogP contribution < -0.4 is 0 Å². The third-order valence-corrected chi connectivity index (χ3v) is 2.79. The highest BCUT2D eigenvalue weighted by atomic mass is 19.1. The summed E-state index contributed by atoms with van der Waals surface area (Å²) >= 11 is 0. The van der Waals surface area contributed by atoms with E-state index in [2.05, 4.69) is 4.98 Å². The lowest BCUT2D eigenvalue weighted by atomic mass is 10.0.